The molecule has 1 aliphatic rings. The van der Waals surface area contributed by atoms with Crippen LogP contribution in [0, 0.1) is 19.8 Å². The first-order valence-corrected chi connectivity index (χ1v) is 9.21. The number of halogens is 2. The summed E-state index contributed by atoms with van der Waals surface area (Å²) >= 11 is 12.3. The molecule has 0 saturated carbocycles. The van der Waals surface area contributed by atoms with Crippen molar-refractivity contribution in [2.24, 2.45) is 5.92 Å². The molecule has 1 fully saturated rings. The zero-order valence-electron chi connectivity index (χ0n) is 14.8. The van der Waals surface area contributed by atoms with Crippen LogP contribution >= 0.6 is 23.2 Å². The highest BCUT2D eigenvalue weighted by Gasteiger charge is 2.32. The van der Waals surface area contributed by atoms with E-state index < -0.39 is 5.97 Å². The van der Waals surface area contributed by atoms with Crippen molar-refractivity contribution in [1.29, 1.82) is 0 Å². The summed E-state index contributed by atoms with van der Waals surface area (Å²) in [4.78, 5) is 13.0. The molecule has 1 aliphatic heterocycles. The van der Waals surface area contributed by atoms with Gasteiger partial charge in [-0.25, -0.2) is 0 Å². The van der Waals surface area contributed by atoms with Crippen LogP contribution in [0.2, 0.25) is 10.0 Å². The van der Waals surface area contributed by atoms with E-state index in [1.54, 1.807) is 6.07 Å². The number of aliphatic carboxylic acids is 1. The molecule has 3 rings (SSSR count). The first kappa shape index (κ1) is 19.0. The summed E-state index contributed by atoms with van der Waals surface area (Å²) in [6.45, 7) is 6.36. The molecule has 4 nitrogen and oxygen atoms in total. The van der Waals surface area contributed by atoms with E-state index in [-0.39, 0.29) is 5.92 Å². The summed E-state index contributed by atoms with van der Waals surface area (Å²) in [5.41, 5.74) is 4.11. The molecule has 0 spiro atoms. The number of hydrogen-bond donors (Lipinski definition) is 1. The van der Waals surface area contributed by atoms with E-state index in [9.17, 15) is 4.79 Å². The lowest BCUT2D eigenvalue weighted by molar-refractivity contribution is -0.147. The minimum Gasteiger partial charge on any atom is -0.488 e. The molecular formula is C20H21Cl2NO3. The van der Waals surface area contributed by atoms with Crippen LogP contribution < -0.4 is 4.74 Å². The normalized spacial score (nSPS) is 14.9. The number of rotatable bonds is 6. The highest BCUT2D eigenvalue weighted by Crippen LogP contribution is 2.30. The molecule has 26 heavy (non-hydrogen) atoms. The van der Waals surface area contributed by atoms with Gasteiger partial charge in [0.1, 0.15) is 12.4 Å². The van der Waals surface area contributed by atoms with Crippen molar-refractivity contribution in [2.45, 2.75) is 27.0 Å². The Hall–Kier alpha value is -1.75. The van der Waals surface area contributed by atoms with Crippen molar-refractivity contribution >= 4 is 29.2 Å². The van der Waals surface area contributed by atoms with E-state index in [1.165, 1.54) is 0 Å². The van der Waals surface area contributed by atoms with Crippen molar-refractivity contribution in [3.8, 4) is 5.75 Å². The maximum absolute atomic E-state index is 10.9. The minimum atomic E-state index is -0.711. The van der Waals surface area contributed by atoms with Gasteiger partial charge >= 0.3 is 5.97 Å². The standard InChI is InChI=1S/C20H21Cl2NO3/c1-12-6-14(8-23-9-16(10-23)20(24)25)7-13(2)19(12)26-11-15-4-3-5-17(21)18(15)22/h3-7,16H,8-11H2,1-2H3,(H,24,25). The summed E-state index contributed by atoms with van der Waals surface area (Å²) < 4.78 is 6.00. The summed E-state index contributed by atoms with van der Waals surface area (Å²) in [5.74, 6) is -0.101. The molecule has 0 aliphatic carbocycles. The maximum atomic E-state index is 10.9. The Morgan fingerprint density at radius 2 is 1.88 bits per heavy atom. The monoisotopic (exact) mass is 393 g/mol. The molecule has 0 amide bonds. The van der Waals surface area contributed by atoms with E-state index in [0.717, 1.165) is 34.5 Å². The Morgan fingerprint density at radius 3 is 2.50 bits per heavy atom. The van der Waals surface area contributed by atoms with Gasteiger partial charge in [0, 0.05) is 25.2 Å². The third-order valence-corrected chi connectivity index (χ3v) is 5.49. The quantitative estimate of drug-likeness (QED) is 0.771. The molecular weight excluding hydrogens is 373 g/mol. The molecule has 6 heteroatoms. The SMILES string of the molecule is Cc1cc(CN2CC(C(=O)O)C2)cc(C)c1OCc1cccc(Cl)c1Cl. The Kier molecular flexibility index (Phi) is 5.76. The fraction of sp³-hybridized carbons (Fsp3) is 0.350. The summed E-state index contributed by atoms with van der Waals surface area (Å²) in [6, 6.07) is 9.69. The van der Waals surface area contributed by atoms with Crippen LogP contribution in [0.25, 0.3) is 0 Å². The van der Waals surface area contributed by atoms with E-state index in [1.807, 2.05) is 26.0 Å². The number of aryl methyl sites for hydroxylation is 2. The number of carboxylic acids is 1. The van der Waals surface area contributed by atoms with Crippen LogP contribution in [-0.2, 0) is 17.9 Å². The Bertz CT molecular complexity index is 809. The summed E-state index contributed by atoms with van der Waals surface area (Å²) in [5, 5.41) is 10.0. The first-order chi connectivity index (χ1) is 12.3. The molecule has 1 saturated heterocycles. The second-order valence-electron chi connectivity index (χ2n) is 6.79. The predicted octanol–water partition coefficient (Wildman–Crippen LogP) is 4.71. The van der Waals surface area contributed by atoms with Gasteiger partial charge in [-0.2, -0.15) is 0 Å². The van der Waals surface area contributed by atoms with Crippen molar-refractivity contribution in [3.63, 3.8) is 0 Å². The number of hydrogen-bond acceptors (Lipinski definition) is 3. The van der Waals surface area contributed by atoms with E-state index in [0.29, 0.717) is 29.7 Å². The predicted molar refractivity (Wildman–Crippen MR) is 103 cm³/mol. The van der Waals surface area contributed by atoms with Gasteiger partial charge in [-0.05, 0) is 36.6 Å². The first-order valence-electron chi connectivity index (χ1n) is 8.46. The van der Waals surface area contributed by atoms with Crippen LogP contribution in [0.15, 0.2) is 30.3 Å². The Balaban J connectivity index is 1.66. The van der Waals surface area contributed by atoms with Crippen molar-refractivity contribution in [2.75, 3.05) is 13.1 Å². The number of ether oxygens (including phenoxy) is 1. The summed E-state index contributed by atoms with van der Waals surface area (Å²) in [6.07, 6.45) is 0. The van der Waals surface area contributed by atoms with E-state index in [2.05, 4.69) is 17.0 Å². The highest BCUT2D eigenvalue weighted by atomic mass is 35.5. The molecule has 138 valence electrons. The lowest BCUT2D eigenvalue weighted by Crippen LogP contribution is -2.49. The molecule has 1 N–H and O–H groups in total. The Morgan fingerprint density at radius 1 is 1.23 bits per heavy atom. The molecule has 2 aromatic carbocycles. The van der Waals surface area contributed by atoms with Crippen molar-refractivity contribution < 1.29 is 14.6 Å². The number of benzene rings is 2. The van der Waals surface area contributed by atoms with Gasteiger partial charge in [-0.3, -0.25) is 9.69 Å². The number of carboxylic acid groups (broad SMARTS) is 1. The van der Waals surface area contributed by atoms with E-state index in [4.69, 9.17) is 33.0 Å². The lowest BCUT2D eigenvalue weighted by atomic mass is 9.98. The smallest absolute Gasteiger partial charge is 0.309 e. The average Bonchev–Trinajstić information content (AvgIpc) is 2.53. The number of nitrogens with zero attached hydrogens (tertiary/aromatic N) is 1. The van der Waals surface area contributed by atoms with Gasteiger partial charge in [0.25, 0.3) is 0 Å². The largest absolute Gasteiger partial charge is 0.488 e. The van der Waals surface area contributed by atoms with Crippen molar-refractivity contribution in [1.82, 2.24) is 4.90 Å². The molecule has 0 aromatic heterocycles. The minimum absolute atomic E-state index is 0.234. The van der Waals surface area contributed by atoms with Crippen molar-refractivity contribution in [3.05, 3.63) is 62.6 Å². The zero-order chi connectivity index (χ0) is 18.8. The van der Waals surface area contributed by atoms with Gasteiger partial charge in [0.15, 0.2) is 0 Å². The average molecular weight is 394 g/mol. The number of likely N-dealkylation sites (tertiary alicyclic amines) is 1. The van der Waals surface area contributed by atoms with Gasteiger partial charge in [-0.15, -0.1) is 0 Å². The molecule has 0 bridgehead atoms. The third-order valence-electron chi connectivity index (χ3n) is 4.64. The number of carbonyl (C=O) groups is 1. The van der Waals surface area contributed by atoms with Crippen LogP contribution in [0.4, 0.5) is 0 Å². The lowest BCUT2D eigenvalue weighted by Gasteiger charge is -2.36. The van der Waals surface area contributed by atoms with Crippen LogP contribution in [0.3, 0.4) is 0 Å². The fourth-order valence-electron chi connectivity index (χ4n) is 3.28. The van der Waals surface area contributed by atoms with Gasteiger partial charge in [0.2, 0.25) is 0 Å². The van der Waals surface area contributed by atoms with E-state index >= 15 is 0 Å². The van der Waals surface area contributed by atoms with Crippen LogP contribution in [0.1, 0.15) is 22.3 Å². The maximum Gasteiger partial charge on any atom is 0.309 e. The Labute approximate surface area is 163 Å². The topological polar surface area (TPSA) is 49.8 Å². The summed E-state index contributed by atoms with van der Waals surface area (Å²) in [7, 11) is 0. The fourth-order valence-corrected chi connectivity index (χ4v) is 3.66. The second kappa shape index (κ2) is 7.87. The van der Waals surface area contributed by atoms with Gasteiger partial charge in [0.05, 0.1) is 16.0 Å². The molecule has 2 aromatic rings. The van der Waals surface area contributed by atoms with Crippen LogP contribution in [-0.4, -0.2) is 29.1 Å². The van der Waals surface area contributed by atoms with Gasteiger partial charge < -0.3 is 9.84 Å². The molecule has 0 unspecified atom stereocenters. The second-order valence-corrected chi connectivity index (χ2v) is 7.57. The molecule has 1 heterocycles. The molecule has 0 radical (unpaired) electrons. The third kappa shape index (κ3) is 4.14. The van der Waals surface area contributed by atoms with Gasteiger partial charge in [-0.1, -0.05) is 47.5 Å². The molecule has 0 atom stereocenters. The zero-order valence-corrected chi connectivity index (χ0v) is 16.3. The highest BCUT2D eigenvalue weighted by molar-refractivity contribution is 6.42. The van der Waals surface area contributed by atoms with Crippen LogP contribution in [0.5, 0.6) is 5.75 Å².